The topological polar surface area (TPSA) is 58.2 Å². The number of benzene rings is 2. The third-order valence-electron chi connectivity index (χ3n) is 2.87. The van der Waals surface area contributed by atoms with Gasteiger partial charge in [0.2, 0.25) is 5.91 Å². The molecule has 0 bridgehead atoms. The highest BCUT2D eigenvalue weighted by atomic mass is 127. The molecular formula is C16H14ClIN2O2. The van der Waals surface area contributed by atoms with E-state index in [2.05, 4.69) is 33.2 Å². The molecule has 2 aromatic carbocycles. The fourth-order valence-electron chi connectivity index (χ4n) is 1.75. The summed E-state index contributed by atoms with van der Waals surface area (Å²) in [4.78, 5) is 23.6. The fourth-order valence-corrected chi connectivity index (χ4v) is 2.24. The molecule has 0 radical (unpaired) electrons. The Labute approximate surface area is 147 Å². The largest absolute Gasteiger partial charge is 0.352 e. The van der Waals surface area contributed by atoms with Crippen LogP contribution in [0.25, 0.3) is 0 Å². The average molecular weight is 429 g/mol. The summed E-state index contributed by atoms with van der Waals surface area (Å²) < 4.78 is 1.10. The van der Waals surface area contributed by atoms with E-state index < -0.39 is 0 Å². The zero-order chi connectivity index (χ0) is 15.9. The highest BCUT2D eigenvalue weighted by Gasteiger charge is 2.07. The molecule has 0 aliphatic heterocycles. The monoisotopic (exact) mass is 428 g/mol. The second-order valence-electron chi connectivity index (χ2n) is 4.57. The third kappa shape index (κ3) is 5.31. The predicted octanol–water partition coefficient (Wildman–Crippen LogP) is 3.70. The van der Waals surface area contributed by atoms with Crippen LogP contribution in [0.4, 0.5) is 5.69 Å². The normalized spacial score (nSPS) is 10.1. The molecule has 0 saturated heterocycles. The lowest BCUT2D eigenvalue weighted by atomic mass is 10.2. The Hall–Kier alpha value is -1.60. The van der Waals surface area contributed by atoms with E-state index >= 15 is 0 Å². The standard InChI is InChI=1S/C16H14ClIN2O2/c17-12-3-1-11(2-4-12)16(22)19-10-9-15(21)20-14-7-5-13(18)6-8-14/h1-8H,9-10H2,(H,19,22)(H,20,21). The molecule has 2 amide bonds. The number of carbonyl (C=O) groups is 2. The molecule has 0 fully saturated rings. The summed E-state index contributed by atoms with van der Waals surface area (Å²) in [6, 6.07) is 14.1. The minimum Gasteiger partial charge on any atom is -0.352 e. The first-order valence-electron chi connectivity index (χ1n) is 6.64. The molecule has 0 spiro atoms. The number of anilines is 1. The van der Waals surface area contributed by atoms with Crippen molar-refractivity contribution in [1.82, 2.24) is 5.32 Å². The molecule has 0 saturated carbocycles. The van der Waals surface area contributed by atoms with Crippen LogP contribution in [0.2, 0.25) is 5.02 Å². The van der Waals surface area contributed by atoms with Crippen molar-refractivity contribution in [3.05, 3.63) is 62.7 Å². The van der Waals surface area contributed by atoms with Gasteiger partial charge in [0.05, 0.1) is 0 Å². The zero-order valence-electron chi connectivity index (χ0n) is 11.6. The van der Waals surface area contributed by atoms with Gasteiger partial charge in [0.15, 0.2) is 0 Å². The molecule has 2 rings (SSSR count). The molecule has 0 heterocycles. The Kier molecular flexibility index (Phi) is 6.21. The lowest BCUT2D eigenvalue weighted by molar-refractivity contribution is -0.116. The molecule has 0 atom stereocenters. The van der Waals surface area contributed by atoms with Crippen LogP contribution in [0.15, 0.2) is 48.5 Å². The fraction of sp³-hybridized carbons (Fsp3) is 0.125. The average Bonchev–Trinajstić information content (AvgIpc) is 2.50. The summed E-state index contributed by atoms with van der Waals surface area (Å²) in [6.07, 6.45) is 0.214. The van der Waals surface area contributed by atoms with Crippen LogP contribution < -0.4 is 10.6 Å². The van der Waals surface area contributed by atoms with Gasteiger partial charge < -0.3 is 10.6 Å². The van der Waals surface area contributed by atoms with Gasteiger partial charge in [0.25, 0.3) is 5.91 Å². The Bertz CT molecular complexity index is 657. The Morgan fingerprint density at radius 3 is 2.27 bits per heavy atom. The summed E-state index contributed by atoms with van der Waals surface area (Å²) in [5, 5.41) is 6.06. The van der Waals surface area contributed by atoms with Crippen LogP contribution in [-0.2, 0) is 4.79 Å². The molecule has 0 aliphatic rings. The number of rotatable bonds is 5. The van der Waals surface area contributed by atoms with Gasteiger partial charge in [-0.25, -0.2) is 0 Å². The Morgan fingerprint density at radius 1 is 1.00 bits per heavy atom. The number of hydrogen-bond acceptors (Lipinski definition) is 2. The highest BCUT2D eigenvalue weighted by molar-refractivity contribution is 14.1. The summed E-state index contributed by atoms with van der Waals surface area (Å²) in [5.74, 6) is -0.364. The van der Waals surface area contributed by atoms with Gasteiger partial charge in [-0.15, -0.1) is 0 Å². The number of halogens is 2. The molecule has 0 unspecified atom stereocenters. The van der Waals surface area contributed by atoms with Crippen molar-refractivity contribution >= 4 is 51.7 Å². The molecular weight excluding hydrogens is 415 g/mol. The van der Waals surface area contributed by atoms with E-state index in [0.717, 1.165) is 9.26 Å². The first-order valence-corrected chi connectivity index (χ1v) is 8.09. The zero-order valence-corrected chi connectivity index (χ0v) is 14.5. The van der Waals surface area contributed by atoms with E-state index in [1.807, 2.05) is 24.3 Å². The maximum Gasteiger partial charge on any atom is 0.251 e. The van der Waals surface area contributed by atoms with E-state index in [1.54, 1.807) is 24.3 Å². The summed E-state index contributed by atoms with van der Waals surface area (Å²) >= 11 is 7.96. The van der Waals surface area contributed by atoms with Crippen molar-refractivity contribution in [1.29, 1.82) is 0 Å². The van der Waals surface area contributed by atoms with Crippen LogP contribution in [0.5, 0.6) is 0 Å². The molecule has 22 heavy (non-hydrogen) atoms. The van der Waals surface area contributed by atoms with Crippen molar-refractivity contribution in [2.45, 2.75) is 6.42 Å². The number of carbonyl (C=O) groups excluding carboxylic acids is 2. The van der Waals surface area contributed by atoms with Crippen molar-refractivity contribution in [3.63, 3.8) is 0 Å². The van der Waals surface area contributed by atoms with Crippen molar-refractivity contribution < 1.29 is 9.59 Å². The van der Waals surface area contributed by atoms with Gasteiger partial charge >= 0.3 is 0 Å². The van der Waals surface area contributed by atoms with Crippen molar-refractivity contribution in [2.24, 2.45) is 0 Å². The SMILES string of the molecule is O=C(CCNC(=O)c1ccc(Cl)cc1)Nc1ccc(I)cc1. The molecule has 6 heteroatoms. The first-order chi connectivity index (χ1) is 10.5. The van der Waals surface area contributed by atoms with Gasteiger partial charge in [0.1, 0.15) is 0 Å². The van der Waals surface area contributed by atoms with Gasteiger partial charge in [-0.3, -0.25) is 9.59 Å². The van der Waals surface area contributed by atoms with Crippen LogP contribution in [0.1, 0.15) is 16.8 Å². The molecule has 0 aliphatic carbocycles. The lowest BCUT2D eigenvalue weighted by Crippen LogP contribution is -2.27. The van der Waals surface area contributed by atoms with Crippen LogP contribution in [-0.4, -0.2) is 18.4 Å². The van der Waals surface area contributed by atoms with Gasteiger partial charge in [-0.05, 0) is 71.1 Å². The van der Waals surface area contributed by atoms with Crippen molar-refractivity contribution in [3.8, 4) is 0 Å². The van der Waals surface area contributed by atoms with E-state index in [9.17, 15) is 9.59 Å². The minimum absolute atomic E-state index is 0.141. The second-order valence-corrected chi connectivity index (χ2v) is 6.25. The third-order valence-corrected chi connectivity index (χ3v) is 3.84. The molecule has 0 aromatic heterocycles. The van der Waals surface area contributed by atoms with E-state index in [1.165, 1.54) is 0 Å². The van der Waals surface area contributed by atoms with E-state index in [-0.39, 0.29) is 24.8 Å². The summed E-state index contributed by atoms with van der Waals surface area (Å²) in [6.45, 7) is 0.275. The van der Waals surface area contributed by atoms with E-state index in [0.29, 0.717) is 10.6 Å². The smallest absolute Gasteiger partial charge is 0.251 e. The molecule has 4 nitrogen and oxygen atoms in total. The minimum atomic E-state index is -0.223. The number of nitrogens with one attached hydrogen (secondary N) is 2. The predicted molar refractivity (Wildman–Crippen MR) is 96.2 cm³/mol. The van der Waals surface area contributed by atoms with Gasteiger partial charge in [-0.1, -0.05) is 11.6 Å². The number of amides is 2. The Morgan fingerprint density at radius 2 is 1.64 bits per heavy atom. The van der Waals surface area contributed by atoms with Gasteiger partial charge in [0, 0.05) is 32.8 Å². The van der Waals surface area contributed by atoms with Gasteiger partial charge in [-0.2, -0.15) is 0 Å². The maximum atomic E-state index is 11.8. The number of hydrogen-bond donors (Lipinski definition) is 2. The quantitative estimate of drug-likeness (QED) is 0.714. The van der Waals surface area contributed by atoms with E-state index in [4.69, 9.17) is 11.6 Å². The molecule has 2 aromatic rings. The first kappa shape index (κ1) is 16.8. The molecule has 114 valence electrons. The van der Waals surface area contributed by atoms with Crippen LogP contribution in [0.3, 0.4) is 0 Å². The Balaban J connectivity index is 1.75. The maximum absolute atomic E-state index is 11.8. The van der Waals surface area contributed by atoms with Crippen LogP contribution in [0, 0.1) is 3.57 Å². The summed E-state index contributed by atoms with van der Waals surface area (Å²) in [5.41, 5.74) is 1.26. The summed E-state index contributed by atoms with van der Waals surface area (Å²) in [7, 11) is 0. The van der Waals surface area contributed by atoms with Crippen LogP contribution >= 0.6 is 34.2 Å². The lowest BCUT2D eigenvalue weighted by Gasteiger charge is -2.07. The second kappa shape index (κ2) is 8.14. The van der Waals surface area contributed by atoms with Crippen molar-refractivity contribution in [2.75, 3.05) is 11.9 Å². The molecule has 2 N–H and O–H groups in total. The highest BCUT2D eigenvalue weighted by Crippen LogP contribution is 2.11.